The number of rotatable bonds is 3. The number of anilines is 1. The van der Waals surface area contributed by atoms with Crippen molar-refractivity contribution >= 4 is 41.0 Å². The quantitative estimate of drug-likeness (QED) is 0.444. The van der Waals surface area contributed by atoms with E-state index in [0.29, 0.717) is 10.7 Å². The summed E-state index contributed by atoms with van der Waals surface area (Å²) in [6, 6.07) is 16.4. The standard InChI is InChI=1S/C25H17ClN2O4/c26-16-8-3-4-9-17(16)28-24(30)19-20(25(28)31)22(23(29)18-10-5-13-32-18)27-12-11-14-6-1-2-7-15(14)21(19)27/h1-13,19-22H. The van der Waals surface area contributed by atoms with E-state index in [0.717, 1.165) is 16.0 Å². The number of nitrogens with zero attached hydrogens (tertiary/aromatic N) is 2. The van der Waals surface area contributed by atoms with E-state index in [1.54, 1.807) is 36.4 Å². The zero-order valence-corrected chi connectivity index (χ0v) is 17.5. The number of amides is 2. The number of para-hydroxylation sites is 1. The summed E-state index contributed by atoms with van der Waals surface area (Å²) >= 11 is 6.34. The van der Waals surface area contributed by atoms with Gasteiger partial charge in [-0.2, -0.15) is 0 Å². The average molecular weight is 445 g/mol. The monoisotopic (exact) mass is 444 g/mol. The fraction of sp³-hybridized carbons (Fsp3) is 0.160. The number of hydrogen-bond acceptors (Lipinski definition) is 5. The van der Waals surface area contributed by atoms with Crippen LogP contribution >= 0.6 is 11.6 Å². The van der Waals surface area contributed by atoms with Gasteiger partial charge in [-0.1, -0.05) is 48.0 Å². The van der Waals surface area contributed by atoms with Crippen molar-refractivity contribution in [1.29, 1.82) is 0 Å². The first-order valence-corrected chi connectivity index (χ1v) is 10.7. The summed E-state index contributed by atoms with van der Waals surface area (Å²) in [5.41, 5.74) is 2.23. The van der Waals surface area contributed by atoms with Gasteiger partial charge in [-0.05, 0) is 41.5 Å². The van der Waals surface area contributed by atoms with Crippen molar-refractivity contribution in [3.63, 3.8) is 0 Å². The molecule has 7 heteroatoms. The molecule has 6 rings (SSSR count). The third-order valence-corrected chi connectivity index (χ3v) is 6.91. The highest BCUT2D eigenvalue weighted by Crippen LogP contribution is 2.54. The highest BCUT2D eigenvalue weighted by molar-refractivity contribution is 6.36. The summed E-state index contributed by atoms with van der Waals surface area (Å²) in [5, 5.41) is 0.309. The fourth-order valence-electron chi connectivity index (χ4n) is 5.29. The Hall–Kier alpha value is -3.64. The lowest BCUT2D eigenvalue weighted by Crippen LogP contribution is -2.44. The molecule has 2 saturated heterocycles. The van der Waals surface area contributed by atoms with Gasteiger partial charge < -0.3 is 9.32 Å². The lowest BCUT2D eigenvalue weighted by atomic mass is 9.84. The summed E-state index contributed by atoms with van der Waals surface area (Å²) in [5.74, 6) is -2.48. The molecule has 2 fully saturated rings. The number of carbonyl (C=O) groups excluding carboxylic acids is 3. The van der Waals surface area contributed by atoms with Crippen LogP contribution < -0.4 is 4.90 Å². The van der Waals surface area contributed by atoms with Gasteiger partial charge in [0.2, 0.25) is 17.6 Å². The van der Waals surface area contributed by atoms with E-state index in [2.05, 4.69) is 0 Å². The molecule has 4 unspecified atom stereocenters. The van der Waals surface area contributed by atoms with Crippen LogP contribution in [0, 0.1) is 11.8 Å². The average Bonchev–Trinajstić information content (AvgIpc) is 3.51. The minimum atomic E-state index is -0.857. The van der Waals surface area contributed by atoms with E-state index in [4.69, 9.17) is 16.0 Å². The van der Waals surface area contributed by atoms with Crippen LogP contribution in [-0.4, -0.2) is 28.5 Å². The van der Waals surface area contributed by atoms with Crippen LogP contribution in [0.25, 0.3) is 6.08 Å². The number of fused-ring (bicyclic) bond motifs is 5. The Balaban J connectivity index is 1.52. The van der Waals surface area contributed by atoms with E-state index < -0.39 is 29.8 Å². The minimum absolute atomic E-state index is 0.165. The molecule has 4 heterocycles. The lowest BCUT2D eigenvalue weighted by Gasteiger charge is -2.35. The first-order chi connectivity index (χ1) is 15.6. The summed E-state index contributed by atoms with van der Waals surface area (Å²) in [4.78, 5) is 43.9. The number of hydrogen-bond donors (Lipinski definition) is 0. The molecule has 3 aliphatic heterocycles. The van der Waals surface area contributed by atoms with E-state index in [-0.39, 0.29) is 17.5 Å². The van der Waals surface area contributed by atoms with Crippen molar-refractivity contribution in [3.8, 4) is 0 Å². The largest absolute Gasteiger partial charge is 0.461 e. The minimum Gasteiger partial charge on any atom is -0.461 e. The SMILES string of the molecule is O=C(c1ccco1)C1C2C(=O)N(c3ccccc3Cl)C(=O)C2C2c3ccccc3C=CN12. The topological polar surface area (TPSA) is 70.8 Å². The second-order valence-electron chi connectivity index (χ2n) is 8.14. The van der Waals surface area contributed by atoms with Crippen molar-refractivity contribution in [2.24, 2.45) is 11.8 Å². The summed E-state index contributed by atoms with van der Waals surface area (Å²) in [7, 11) is 0. The van der Waals surface area contributed by atoms with Gasteiger partial charge in [0.05, 0.1) is 34.9 Å². The molecule has 4 atom stereocenters. The van der Waals surface area contributed by atoms with Crippen LogP contribution in [0.4, 0.5) is 5.69 Å². The maximum atomic E-state index is 13.7. The second kappa shape index (κ2) is 6.93. The van der Waals surface area contributed by atoms with Crippen molar-refractivity contribution < 1.29 is 18.8 Å². The van der Waals surface area contributed by atoms with Crippen LogP contribution in [0.1, 0.15) is 27.7 Å². The predicted octanol–water partition coefficient (Wildman–Crippen LogP) is 4.33. The molecule has 0 N–H and O–H groups in total. The van der Waals surface area contributed by atoms with Crippen LogP contribution in [0.3, 0.4) is 0 Å². The number of carbonyl (C=O) groups is 3. The van der Waals surface area contributed by atoms with Gasteiger partial charge in [0.25, 0.3) is 0 Å². The molecule has 0 spiro atoms. The molecule has 2 aromatic carbocycles. The molecule has 6 nitrogen and oxygen atoms in total. The fourth-order valence-corrected chi connectivity index (χ4v) is 5.51. The van der Waals surface area contributed by atoms with Gasteiger partial charge in [0, 0.05) is 6.20 Å². The van der Waals surface area contributed by atoms with Gasteiger partial charge in [0.1, 0.15) is 6.04 Å². The van der Waals surface area contributed by atoms with Crippen LogP contribution in [0.15, 0.2) is 77.5 Å². The van der Waals surface area contributed by atoms with Gasteiger partial charge in [0.15, 0.2) is 5.76 Å². The van der Waals surface area contributed by atoms with Gasteiger partial charge in [-0.25, -0.2) is 4.90 Å². The Morgan fingerprint density at radius 3 is 2.44 bits per heavy atom. The van der Waals surface area contributed by atoms with Gasteiger partial charge >= 0.3 is 0 Å². The van der Waals surface area contributed by atoms with Crippen molar-refractivity contribution in [2.75, 3.05) is 4.90 Å². The van der Waals surface area contributed by atoms with E-state index in [1.807, 2.05) is 41.4 Å². The smallest absolute Gasteiger partial charge is 0.240 e. The van der Waals surface area contributed by atoms with Crippen molar-refractivity contribution in [1.82, 2.24) is 4.90 Å². The predicted molar refractivity (Wildman–Crippen MR) is 118 cm³/mol. The second-order valence-corrected chi connectivity index (χ2v) is 8.55. The first-order valence-electron chi connectivity index (χ1n) is 10.3. The number of halogens is 1. The molecule has 0 aliphatic carbocycles. The van der Waals surface area contributed by atoms with Gasteiger partial charge in [-0.3, -0.25) is 14.4 Å². The molecule has 0 radical (unpaired) electrons. The first kappa shape index (κ1) is 19.1. The third kappa shape index (κ3) is 2.50. The summed E-state index contributed by atoms with van der Waals surface area (Å²) in [6.45, 7) is 0. The molecule has 32 heavy (non-hydrogen) atoms. The molecule has 0 bridgehead atoms. The zero-order valence-electron chi connectivity index (χ0n) is 16.7. The van der Waals surface area contributed by atoms with Crippen LogP contribution in [0.5, 0.6) is 0 Å². The number of Topliss-reactive ketones (excluding diaryl/α,β-unsaturated/α-hetero) is 1. The van der Waals surface area contributed by atoms with Crippen molar-refractivity contribution in [3.05, 3.63) is 95.0 Å². The molecule has 0 saturated carbocycles. The Kier molecular flexibility index (Phi) is 4.13. The Bertz CT molecular complexity index is 1300. The maximum Gasteiger partial charge on any atom is 0.240 e. The Morgan fingerprint density at radius 2 is 1.66 bits per heavy atom. The maximum absolute atomic E-state index is 13.7. The Labute approximate surface area is 188 Å². The van der Waals surface area contributed by atoms with E-state index >= 15 is 0 Å². The summed E-state index contributed by atoms with van der Waals surface area (Å²) < 4.78 is 5.37. The van der Waals surface area contributed by atoms with Crippen LogP contribution in [0.2, 0.25) is 5.02 Å². The molecule has 3 aromatic rings. The molecule has 1 aromatic heterocycles. The highest BCUT2D eigenvalue weighted by atomic mass is 35.5. The molecule has 158 valence electrons. The van der Waals surface area contributed by atoms with Crippen molar-refractivity contribution in [2.45, 2.75) is 12.1 Å². The van der Waals surface area contributed by atoms with E-state index in [1.165, 1.54) is 6.26 Å². The van der Waals surface area contributed by atoms with Crippen LogP contribution in [-0.2, 0) is 9.59 Å². The molecule has 3 aliphatic rings. The van der Waals surface area contributed by atoms with Gasteiger partial charge in [-0.15, -0.1) is 0 Å². The lowest BCUT2D eigenvalue weighted by molar-refractivity contribution is -0.123. The Morgan fingerprint density at radius 1 is 0.906 bits per heavy atom. The number of furan rings is 1. The highest BCUT2D eigenvalue weighted by Gasteiger charge is 2.65. The molecular formula is C25H17ClN2O4. The number of benzene rings is 2. The number of ketones is 1. The number of imide groups is 1. The van der Waals surface area contributed by atoms with E-state index in [9.17, 15) is 14.4 Å². The molecular weight excluding hydrogens is 428 g/mol. The summed E-state index contributed by atoms with van der Waals surface area (Å²) in [6.07, 6.45) is 5.16. The molecule has 2 amide bonds. The normalized spacial score (nSPS) is 25.7. The third-order valence-electron chi connectivity index (χ3n) is 6.59. The zero-order chi connectivity index (χ0) is 22.0.